The van der Waals surface area contributed by atoms with E-state index in [9.17, 15) is 0 Å². The molecule has 0 aliphatic rings. The van der Waals surface area contributed by atoms with Crippen molar-refractivity contribution in [2.75, 3.05) is 0 Å². The fourth-order valence-electron chi connectivity index (χ4n) is 0.738. The van der Waals surface area contributed by atoms with Gasteiger partial charge < -0.3 is 4.57 Å². The number of rotatable bonds is 1. The summed E-state index contributed by atoms with van der Waals surface area (Å²) in [4.78, 5) is 4.07. The van der Waals surface area contributed by atoms with E-state index in [2.05, 4.69) is 32.4 Å². The van der Waals surface area contributed by atoms with Crippen molar-refractivity contribution in [3.63, 3.8) is 0 Å². The van der Waals surface area contributed by atoms with Crippen LogP contribution in [-0.2, 0) is 6.54 Å². The van der Waals surface area contributed by atoms with Crippen LogP contribution in [0.25, 0.3) is 0 Å². The lowest BCUT2D eigenvalue weighted by molar-refractivity contribution is 0.736. The number of halogens is 1. The fourth-order valence-corrected chi connectivity index (χ4v) is 1.06. The van der Waals surface area contributed by atoms with Crippen molar-refractivity contribution in [2.24, 2.45) is 0 Å². The van der Waals surface area contributed by atoms with Gasteiger partial charge in [-0.25, -0.2) is 4.98 Å². The Bertz CT molecular complexity index is 205. The van der Waals surface area contributed by atoms with Crippen LogP contribution in [0.3, 0.4) is 0 Å². The van der Waals surface area contributed by atoms with Gasteiger partial charge in [-0.05, 0) is 29.8 Å². The Hall–Kier alpha value is -0.310. The molecule has 50 valence electrons. The topological polar surface area (TPSA) is 17.8 Å². The van der Waals surface area contributed by atoms with E-state index in [1.807, 2.05) is 13.3 Å². The summed E-state index contributed by atoms with van der Waals surface area (Å²) >= 11 is 3.32. The van der Waals surface area contributed by atoms with Crippen molar-refractivity contribution in [1.82, 2.24) is 9.55 Å². The maximum absolute atomic E-state index is 4.07. The molecule has 0 unspecified atom stereocenters. The molecule has 1 aromatic heterocycles. The number of aryl methyl sites for hydroxylation is 1. The third-order valence-electron chi connectivity index (χ3n) is 1.38. The Morgan fingerprint density at radius 2 is 2.44 bits per heavy atom. The van der Waals surface area contributed by atoms with Crippen LogP contribution in [0.1, 0.15) is 12.6 Å². The molecule has 0 saturated carbocycles. The molecule has 0 aromatic carbocycles. The molecule has 0 radical (unpaired) electrons. The molecular weight excluding hydrogens is 180 g/mol. The molecule has 0 aliphatic carbocycles. The van der Waals surface area contributed by atoms with Crippen LogP contribution < -0.4 is 0 Å². The van der Waals surface area contributed by atoms with Crippen molar-refractivity contribution in [3.8, 4) is 0 Å². The Kier molecular flexibility index (Phi) is 1.90. The molecule has 0 atom stereocenters. The minimum atomic E-state index is 0.948. The minimum Gasteiger partial charge on any atom is -0.334 e. The lowest BCUT2D eigenvalue weighted by Gasteiger charge is -1.96. The van der Waals surface area contributed by atoms with Crippen LogP contribution in [0.5, 0.6) is 0 Å². The SMILES string of the molecule is CCn1cnc(Br)c1C. The zero-order valence-corrected chi connectivity index (χ0v) is 7.14. The van der Waals surface area contributed by atoms with Gasteiger partial charge in [0.15, 0.2) is 0 Å². The second-order valence-corrected chi connectivity index (χ2v) is 2.66. The molecule has 0 bridgehead atoms. The van der Waals surface area contributed by atoms with Gasteiger partial charge in [0.2, 0.25) is 0 Å². The van der Waals surface area contributed by atoms with Gasteiger partial charge in [-0.2, -0.15) is 0 Å². The normalized spacial score (nSPS) is 10.1. The first kappa shape index (κ1) is 6.81. The summed E-state index contributed by atoms with van der Waals surface area (Å²) < 4.78 is 3.04. The van der Waals surface area contributed by atoms with Crippen LogP contribution in [-0.4, -0.2) is 9.55 Å². The first-order chi connectivity index (χ1) is 4.25. The highest BCUT2D eigenvalue weighted by Crippen LogP contribution is 2.11. The van der Waals surface area contributed by atoms with Crippen molar-refractivity contribution < 1.29 is 0 Å². The summed E-state index contributed by atoms with van der Waals surface area (Å²) in [5.74, 6) is 0. The van der Waals surface area contributed by atoms with Gasteiger partial charge in [0.25, 0.3) is 0 Å². The van der Waals surface area contributed by atoms with Crippen molar-refractivity contribution in [3.05, 3.63) is 16.6 Å². The van der Waals surface area contributed by atoms with Gasteiger partial charge in [0.1, 0.15) is 4.60 Å². The Morgan fingerprint density at radius 1 is 1.78 bits per heavy atom. The summed E-state index contributed by atoms with van der Waals surface area (Å²) in [6, 6.07) is 0. The van der Waals surface area contributed by atoms with E-state index in [1.54, 1.807) is 0 Å². The molecule has 9 heavy (non-hydrogen) atoms. The van der Waals surface area contributed by atoms with E-state index in [-0.39, 0.29) is 0 Å². The van der Waals surface area contributed by atoms with Crippen molar-refractivity contribution in [2.45, 2.75) is 20.4 Å². The minimum absolute atomic E-state index is 0.948. The van der Waals surface area contributed by atoms with E-state index in [0.29, 0.717) is 0 Å². The quantitative estimate of drug-likeness (QED) is 0.660. The standard InChI is InChI=1S/C6H9BrN2/c1-3-9-4-8-6(7)5(9)2/h4H,3H2,1-2H3. The molecule has 2 nitrogen and oxygen atoms in total. The molecule has 1 aromatic rings. The van der Waals surface area contributed by atoms with Crippen LogP contribution in [0.2, 0.25) is 0 Å². The van der Waals surface area contributed by atoms with E-state index < -0.39 is 0 Å². The number of imidazole rings is 1. The van der Waals surface area contributed by atoms with Crippen molar-refractivity contribution >= 4 is 15.9 Å². The Balaban J connectivity index is 3.04. The number of hydrogen-bond donors (Lipinski definition) is 0. The molecule has 0 N–H and O–H groups in total. The van der Waals surface area contributed by atoms with Gasteiger partial charge in [0, 0.05) is 12.2 Å². The lowest BCUT2D eigenvalue weighted by atomic mass is 10.5. The molecule has 0 amide bonds. The van der Waals surface area contributed by atoms with Crippen molar-refractivity contribution in [1.29, 1.82) is 0 Å². The second kappa shape index (κ2) is 2.52. The third kappa shape index (κ3) is 1.15. The predicted octanol–water partition coefficient (Wildman–Crippen LogP) is 1.97. The first-order valence-electron chi connectivity index (χ1n) is 2.93. The summed E-state index contributed by atoms with van der Waals surface area (Å²) in [6.45, 7) is 5.13. The first-order valence-corrected chi connectivity index (χ1v) is 3.72. The number of aromatic nitrogens is 2. The van der Waals surface area contributed by atoms with Gasteiger partial charge >= 0.3 is 0 Å². The maximum atomic E-state index is 4.07. The fraction of sp³-hybridized carbons (Fsp3) is 0.500. The molecule has 0 fully saturated rings. The van der Waals surface area contributed by atoms with Crippen LogP contribution in [0, 0.1) is 6.92 Å². The maximum Gasteiger partial charge on any atom is 0.126 e. The Morgan fingerprint density at radius 3 is 2.67 bits per heavy atom. The zero-order chi connectivity index (χ0) is 6.85. The van der Waals surface area contributed by atoms with Gasteiger partial charge in [-0.1, -0.05) is 0 Å². The highest BCUT2D eigenvalue weighted by molar-refractivity contribution is 9.10. The second-order valence-electron chi connectivity index (χ2n) is 1.91. The van der Waals surface area contributed by atoms with Gasteiger partial charge in [-0.3, -0.25) is 0 Å². The molecule has 1 rings (SSSR count). The summed E-state index contributed by atoms with van der Waals surface area (Å²) in [5, 5.41) is 0. The third-order valence-corrected chi connectivity index (χ3v) is 2.16. The van der Waals surface area contributed by atoms with Gasteiger partial charge in [-0.15, -0.1) is 0 Å². The predicted molar refractivity (Wildman–Crippen MR) is 40.3 cm³/mol. The van der Waals surface area contributed by atoms with Gasteiger partial charge in [0.05, 0.1) is 6.33 Å². The van der Waals surface area contributed by atoms with E-state index in [1.165, 1.54) is 5.69 Å². The number of nitrogens with zero attached hydrogens (tertiary/aromatic N) is 2. The van der Waals surface area contributed by atoms with E-state index in [4.69, 9.17) is 0 Å². The largest absolute Gasteiger partial charge is 0.334 e. The highest BCUT2D eigenvalue weighted by atomic mass is 79.9. The molecule has 3 heteroatoms. The molecular formula is C6H9BrN2. The van der Waals surface area contributed by atoms with E-state index >= 15 is 0 Å². The number of hydrogen-bond acceptors (Lipinski definition) is 1. The highest BCUT2D eigenvalue weighted by Gasteiger charge is 1.98. The van der Waals surface area contributed by atoms with Crippen LogP contribution in [0.15, 0.2) is 10.9 Å². The summed E-state index contributed by atoms with van der Waals surface area (Å²) in [7, 11) is 0. The zero-order valence-electron chi connectivity index (χ0n) is 5.56. The monoisotopic (exact) mass is 188 g/mol. The summed E-state index contributed by atoms with van der Waals surface area (Å²) in [6.07, 6.45) is 1.83. The lowest BCUT2D eigenvalue weighted by Crippen LogP contribution is -1.93. The smallest absolute Gasteiger partial charge is 0.126 e. The van der Waals surface area contributed by atoms with Crippen LogP contribution in [0.4, 0.5) is 0 Å². The molecule has 1 heterocycles. The average molecular weight is 189 g/mol. The summed E-state index contributed by atoms with van der Waals surface area (Å²) in [5.41, 5.74) is 1.19. The molecule has 0 spiro atoms. The molecule has 0 saturated heterocycles. The van der Waals surface area contributed by atoms with Crippen LogP contribution >= 0.6 is 15.9 Å². The average Bonchev–Trinajstić information content (AvgIpc) is 2.15. The molecule has 0 aliphatic heterocycles. The Labute approximate surface area is 63.0 Å². The van der Waals surface area contributed by atoms with E-state index in [0.717, 1.165) is 11.1 Å².